The van der Waals surface area contributed by atoms with Crippen LogP contribution < -0.4 is 0 Å². The highest BCUT2D eigenvalue weighted by molar-refractivity contribution is 7.89. The number of halogens is 1. The molecule has 0 radical (unpaired) electrons. The van der Waals surface area contributed by atoms with Crippen molar-refractivity contribution in [3.63, 3.8) is 0 Å². The first-order valence-electron chi connectivity index (χ1n) is 9.93. The fourth-order valence-electron chi connectivity index (χ4n) is 3.37. The first kappa shape index (κ1) is 20.8. The van der Waals surface area contributed by atoms with Crippen LogP contribution in [0.2, 0.25) is 0 Å². The molecule has 5 heteroatoms. The highest BCUT2D eigenvalue weighted by Gasteiger charge is 2.27. The van der Waals surface area contributed by atoms with E-state index in [1.807, 2.05) is 49.4 Å². The van der Waals surface area contributed by atoms with E-state index >= 15 is 4.39 Å². The molecule has 0 heterocycles. The van der Waals surface area contributed by atoms with Crippen LogP contribution in [0.5, 0.6) is 0 Å². The second-order valence-electron chi connectivity index (χ2n) is 7.38. The maximum atomic E-state index is 15.5. The van der Waals surface area contributed by atoms with Gasteiger partial charge < -0.3 is 0 Å². The number of nitrogens with zero attached hydrogens (tertiary/aromatic N) is 1. The molecule has 0 atom stereocenters. The van der Waals surface area contributed by atoms with Gasteiger partial charge in [0.1, 0.15) is 0 Å². The van der Waals surface area contributed by atoms with Crippen LogP contribution in [0.15, 0.2) is 108 Å². The fraction of sp³-hybridized carbons (Fsp3) is 0.0769. The quantitative estimate of drug-likeness (QED) is 0.336. The molecule has 0 N–H and O–H groups in total. The van der Waals surface area contributed by atoms with Crippen LogP contribution in [-0.2, 0) is 16.6 Å². The summed E-state index contributed by atoms with van der Waals surface area (Å²) in [5.41, 5.74) is 2.22. The number of sulfonamides is 1. The van der Waals surface area contributed by atoms with Crippen LogP contribution in [0.3, 0.4) is 0 Å². The lowest BCUT2D eigenvalue weighted by Crippen LogP contribution is -2.28. The molecule has 3 nitrogen and oxygen atoms in total. The molecule has 0 aliphatic heterocycles. The molecule has 0 aliphatic rings. The molecule has 4 rings (SSSR count). The third-order valence-corrected chi connectivity index (χ3v) is 6.83. The van der Waals surface area contributed by atoms with Gasteiger partial charge in [-0.3, -0.25) is 0 Å². The molecule has 0 spiro atoms. The summed E-state index contributed by atoms with van der Waals surface area (Å²) in [5, 5.41) is 1.99. The summed E-state index contributed by atoms with van der Waals surface area (Å²) >= 11 is 0. The minimum atomic E-state index is -4.09. The van der Waals surface area contributed by atoms with Gasteiger partial charge >= 0.3 is 0 Å². The highest BCUT2D eigenvalue weighted by Crippen LogP contribution is 2.26. The van der Waals surface area contributed by atoms with Crippen LogP contribution in [0.1, 0.15) is 16.7 Å². The zero-order valence-electron chi connectivity index (χ0n) is 17.1. The minimum absolute atomic E-state index is 0.0519. The molecule has 0 amide bonds. The average molecular weight is 432 g/mol. The van der Waals surface area contributed by atoms with Gasteiger partial charge in [-0.25, -0.2) is 12.7 Å². The molecule has 156 valence electrons. The predicted molar refractivity (Wildman–Crippen MR) is 123 cm³/mol. The van der Waals surface area contributed by atoms with E-state index in [0.717, 1.165) is 20.6 Å². The van der Waals surface area contributed by atoms with Gasteiger partial charge in [0.2, 0.25) is 5.95 Å². The third-order valence-electron chi connectivity index (χ3n) is 5.08. The van der Waals surface area contributed by atoms with Crippen LogP contribution in [0.4, 0.5) is 4.39 Å². The maximum Gasteiger partial charge on any atom is 0.266 e. The summed E-state index contributed by atoms with van der Waals surface area (Å²) in [5.74, 6) is -0.834. The van der Waals surface area contributed by atoms with E-state index in [2.05, 4.69) is 0 Å². The molecule has 0 unspecified atom stereocenters. The van der Waals surface area contributed by atoms with Gasteiger partial charge in [0, 0.05) is 0 Å². The van der Waals surface area contributed by atoms with Crippen molar-refractivity contribution in [2.45, 2.75) is 18.4 Å². The summed E-state index contributed by atoms with van der Waals surface area (Å²) in [6.45, 7) is 1.77. The summed E-state index contributed by atoms with van der Waals surface area (Å²) in [6.07, 6.45) is 1.26. The third kappa shape index (κ3) is 4.67. The summed E-state index contributed by atoms with van der Waals surface area (Å²) < 4.78 is 43.0. The van der Waals surface area contributed by atoms with Gasteiger partial charge in [-0.1, -0.05) is 84.4 Å². The van der Waals surface area contributed by atoms with Crippen molar-refractivity contribution in [2.24, 2.45) is 0 Å². The largest absolute Gasteiger partial charge is 0.266 e. The normalized spacial score (nSPS) is 12.1. The van der Waals surface area contributed by atoms with E-state index in [1.54, 1.807) is 42.5 Å². The van der Waals surface area contributed by atoms with Crippen LogP contribution in [0, 0.1) is 6.92 Å². The molecule has 4 aromatic carbocycles. The van der Waals surface area contributed by atoms with E-state index in [9.17, 15) is 8.42 Å². The van der Waals surface area contributed by atoms with Crippen molar-refractivity contribution in [3.8, 4) is 0 Å². The standard InChI is InChI=1S/C26H22FNO2S/c1-20-11-15-25(16-12-20)31(29,30)28(19-21-7-3-2-4-8-21)26(27)18-22-13-14-23-9-5-6-10-24(23)17-22/h2-18H,19H2,1H3/b26-18-. The number of hydrogen-bond donors (Lipinski definition) is 0. The van der Waals surface area contributed by atoms with Gasteiger partial charge in [-0.05, 0) is 53.1 Å². The highest BCUT2D eigenvalue weighted by atomic mass is 32.2. The Bertz CT molecular complexity index is 1330. The summed E-state index contributed by atoms with van der Waals surface area (Å²) in [4.78, 5) is 0.0519. The zero-order valence-corrected chi connectivity index (χ0v) is 17.9. The SMILES string of the molecule is Cc1ccc(S(=O)(=O)N(Cc2ccccc2)/C(F)=C\c2ccc3ccccc3c2)cc1. The molecule has 0 saturated carbocycles. The number of benzene rings is 4. The zero-order chi connectivity index (χ0) is 21.8. The van der Waals surface area contributed by atoms with E-state index in [4.69, 9.17) is 0 Å². The number of aryl methyl sites for hydroxylation is 1. The fourth-order valence-corrected chi connectivity index (χ4v) is 4.70. The Labute approximate surface area is 182 Å². The molecule has 0 aromatic heterocycles. The van der Waals surface area contributed by atoms with Crippen molar-refractivity contribution in [3.05, 3.63) is 120 Å². The Kier molecular flexibility index (Phi) is 5.87. The van der Waals surface area contributed by atoms with Crippen LogP contribution >= 0.6 is 0 Å². The molecule has 0 aliphatic carbocycles. The second-order valence-corrected chi connectivity index (χ2v) is 9.25. The van der Waals surface area contributed by atoms with Crippen molar-refractivity contribution < 1.29 is 12.8 Å². The Balaban J connectivity index is 1.76. The van der Waals surface area contributed by atoms with Gasteiger partial charge in [0.15, 0.2) is 0 Å². The van der Waals surface area contributed by atoms with Gasteiger partial charge in [0.05, 0.1) is 11.4 Å². The second kappa shape index (κ2) is 8.74. The van der Waals surface area contributed by atoms with Gasteiger partial charge in [-0.2, -0.15) is 4.39 Å². The predicted octanol–water partition coefficient (Wildman–Crippen LogP) is 6.31. The Morgan fingerprint density at radius 3 is 2.19 bits per heavy atom. The van der Waals surface area contributed by atoms with Crippen molar-refractivity contribution in [1.82, 2.24) is 4.31 Å². The van der Waals surface area contributed by atoms with Gasteiger partial charge in [0.25, 0.3) is 10.0 Å². The van der Waals surface area contributed by atoms with E-state index < -0.39 is 16.0 Å². The van der Waals surface area contributed by atoms with Crippen LogP contribution in [-0.4, -0.2) is 12.7 Å². The molecule has 0 saturated heterocycles. The Hall–Kier alpha value is -3.44. The monoisotopic (exact) mass is 431 g/mol. The lowest BCUT2D eigenvalue weighted by atomic mass is 10.1. The summed E-state index contributed by atoms with van der Waals surface area (Å²) in [7, 11) is -4.09. The topological polar surface area (TPSA) is 37.4 Å². The molecular formula is C26H22FNO2S. The van der Waals surface area contributed by atoms with E-state index in [1.165, 1.54) is 18.2 Å². The lowest BCUT2D eigenvalue weighted by molar-refractivity contribution is 0.384. The first-order valence-corrected chi connectivity index (χ1v) is 11.4. The first-order chi connectivity index (χ1) is 14.9. The molecule has 0 fully saturated rings. The smallest absolute Gasteiger partial charge is 0.237 e. The number of rotatable bonds is 6. The molecular weight excluding hydrogens is 409 g/mol. The van der Waals surface area contributed by atoms with Crippen molar-refractivity contribution in [2.75, 3.05) is 0 Å². The maximum absolute atomic E-state index is 15.5. The molecule has 0 bridgehead atoms. The van der Waals surface area contributed by atoms with E-state index in [-0.39, 0.29) is 11.4 Å². The van der Waals surface area contributed by atoms with Crippen molar-refractivity contribution >= 4 is 26.9 Å². The number of fused-ring (bicyclic) bond motifs is 1. The van der Waals surface area contributed by atoms with Crippen LogP contribution in [0.25, 0.3) is 16.8 Å². The molecule has 4 aromatic rings. The van der Waals surface area contributed by atoms with E-state index in [0.29, 0.717) is 11.1 Å². The Morgan fingerprint density at radius 1 is 0.839 bits per heavy atom. The minimum Gasteiger partial charge on any atom is -0.237 e. The molecule has 31 heavy (non-hydrogen) atoms. The van der Waals surface area contributed by atoms with Crippen molar-refractivity contribution in [1.29, 1.82) is 0 Å². The summed E-state index contributed by atoms with van der Waals surface area (Å²) in [6, 6.07) is 28.7. The van der Waals surface area contributed by atoms with Gasteiger partial charge in [-0.15, -0.1) is 0 Å². The Morgan fingerprint density at radius 2 is 1.48 bits per heavy atom. The number of hydrogen-bond acceptors (Lipinski definition) is 2. The lowest BCUT2D eigenvalue weighted by Gasteiger charge is -2.23. The average Bonchev–Trinajstić information content (AvgIpc) is 2.78.